The maximum absolute atomic E-state index is 11.7. The zero-order valence-electron chi connectivity index (χ0n) is 14.3. The van der Waals surface area contributed by atoms with Gasteiger partial charge < -0.3 is 5.11 Å². The van der Waals surface area contributed by atoms with Crippen LogP contribution in [-0.4, -0.2) is 35.0 Å². The molecule has 1 saturated heterocycles. The summed E-state index contributed by atoms with van der Waals surface area (Å²) in [5.74, 6) is 0.219. The Balaban J connectivity index is 2.20. The van der Waals surface area contributed by atoms with Gasteiger partial charge in [-0.15, -0.1) is 0 Å². The van der Waals surface area contributed by atoms with E-state index >= 15 is 0 Å². The van der Waals surface area contributed by atoms with E-state index in [9.17, 15) is 9.90 Å². The monoisotopic (exact) mass is 303 g/mol. The summed E-state index contributed by atoms with van der Waals surface area (Å²) < 4.78 is 0. The van der Waals surface area contributed by atoms with Gasteiger partial charge in [-0.1, -0.05) is 45.0 Å². The number of aliphatic hydroxyl groups is 1. The van der Waals surface area contributed by atoms with Gasteiger partial charge in [0.2, 0.25) is 0 Å². The molecular formula is C19H29NO2. The fourth-order valence-electron chi connectivity index (χ4n) is 3.13. The van der Waals surface area contributed by atoms with Crippen molar-refractivity contribution in [2.45, 2.75) is 64.5 Å². The summed E-state index contributed by atoms with van der Waals surface area (Å²) in [6, 6.07) is 8.83. The molecule has 1 aromatic rings. The molecule has 1 unspecified atom stereocenters. The molecule has 1 aliphatic heterocycles. The topological polar surface area (TPSA) is 40.5 Å². The minimum atomic E-state index is -0.183. The molecule has 3 heteroatoms. The summed E-state index contributed by atoms with van der Waals surface area (Å²) >= 11 is 0. The van der Waals surface area contributed by atoms with Crippen LogP contribution in [0.1, 0.15) is 64.1 Å². The van der Waals surface area contributed by atoms with Crippen LogP contribution in [0, 0.1) is 0 Å². The summed E-state index contributed by atoms with van der Waals surface area (Å²) in [4.78, 5) is 14.0. The Morgan fingerprint density at radius 1 is 1.23 bits per heavy atom. The van der Waals surface area contributed by atoms with Gasteiger partial charge in [-0.25, -0.2) is 0 Å². The van der Waals surface area contributed by atoms with Crippen molar-refractivity contribution in [3.8, 4) is 0 Å². The first kappa shape index (κ1) is 17.2. The summed E-state index contributed by atoms with van der Waals surface area (Å²) in [6.45, 7) is 10.0. The largest absolute Gasteiger partial charge is 0.393 e. The van der Waals surface area contributed by atoms with Gasteiger partial charge in [0.1, 0.15) is 5.78 Å². The summed E-state index contributed by atoms with van der Waals surface area (Å²) in [5.41, 5.74) is 2.66. The Labute approximate surface area is 134 Å². The highest BCUT2D eigenvalue weighted by Gasteiger charge is 2.26. The van der Waals surface area contributed by atoms with Gasteiger partial charge in [0.15, 0.2) is 0 Å². The average molecular weight is 303 g/mol. The molecule has 1 aliphatic rings. The number of hydrogen-bond donors (Lipinski definition) is 1. The quantitative estimate of drug-likeness (QED) is 0.926. The number of hydrogen-bond acceptors (Lipinski definition) is 3. The second kappa shape index (κ2) is 6.93. The van der Waals surface area contributed by atoms with Crippen molar-refractivity contribution in [3.63, 3.8) is 0 Å². The van der Waals surface area contributed by atoms with Crippen molar-refractivity contribution in [2.75, 3.05) is 13.1 Å². The normalized spacial score (nSPS) is 19.1. The first-order valence-electron chi connectivity index (χ1n) is 8.29. The number of Topliss-reactive ketones (excluding diaryl/α,β-unsaturated/α-hetero) is 1. The van der Waals surface area contributed by atoms with Gasteiger partial charge >= 0.3 is 0 Å². The van der Waals surface area contributed by atoms with Gasteiger partial charge in [0, 0.05) is 25.6 Å². The predicted molar refractivity (Wildman–Crippen MR) is 90.0 cm³/mol. The lowest BCUT2D eigenvalue weighted by Gasteiger charge is -2.36. The molecule has 22 heavy (non-hydrogen) atoms. The van der Waals surface area contributed by atoms with Crippen molar-refractivity contribution < 1.29 is 9.90 Å². The van der Waals surface area contributed by atoms with E-state index in [1.165, 1.54) is 11.1 Å². The van der Waals surface area contributed by atoms with E-state index in [2.05, 4.69) is 49.9 Å². The fraction of sp³-hybridized carbons (Fsp3) is 0.632. The number of carbonyl (C=O) groups is 1. The van der Waals surface area contributed by atoms with Crippen LogP contribution in [0.3, 0.4) is 0 Å². The third kappa shape index (κ3) is 4.40. The van der Waals surface area contributed by atoms with Crippen LogP contribution in [0.15, 0.2) is 24.3 Å². The highest BCUT2D eigenvalue weighted by Crippen LogP contribution is 2.30. The van der Waals surface area contributed by atoms with Gasteiger partial charge in [-0.2, -0.15) is 0 Å². The smallest absolute Gasteiger partial charge is 0.131 e. The molecule has 0 aliphatic carbocycles. The molecule has 0 amide bonds. The van der Waals surface area contributed by atoms with E-state index in [0.29, 0.717) is 6.42 Å². The zero-order chi connectivity index (χ0) is 16.3. The highest BCUT2D eigenvalue weighted by atomic mass is 16.3. The third-order valence-corrected chi connectivity index (χ3v) is 4.58. The fourth-order valence-corrected chi connectivity index (χ4v) is 3.13. The van der Waals surface area contributed by atoms with Crippen LogP contribution < -0.4 is 0 Å². The molecule has 1 atom stereocenters. The zero-order valence-corrected chi connectivity index (χ0v) is 14.3. The van der Waals surface area contributed by atoms with Gasteiger partial charge in [-0.3, -0.25) is 9.69 Å². The van der Waals surface area contributed by atoms with E-state index in [1.54, 1.807) is 6.92 Å². The molecular weight excluding hydrogens is 274 g/mol. The second-order valence-electron chi connectivity index (χ2n) is 7.56. The van der Waals surface area contributed by atoms with Gasteiger partial charge in [-0.05, 0) is 36.3 Å². The molecule has 1 aromatic carbocycles. The highest BCUT2D eigenvalue weighted by molar-refractivity contribution is 5.76. The molecule has 0 aromatic heterocycles. The predicted octanol–water partition coefficient (Wildman–Crippen LogP) is 3.46. The minimum absolute atomic E-state index is 0.138. The summed E-state index contributed by atoms with van der Waals surface area (Å²) in [6.07, 6.45) is 1.96. The maximum Gasteiger partial charge on any atom is 0.131 e. The minimum Gasteiger partial charge on any atom is -0.393 e. The van der Waals surface area contributed by atoms with E-state index < -0.39 is 0 Å². The lowest BCUT2D eigenvalue weighted by atomic mass is 9.85. The number of piperidine rings is 1. The van der Waals surface area contributed by atoms with Gasteiger partial charge in [0.25, 0.3) is 0 Å². The molecule has 2 rings (SSSR count). The van der Waals surface area contributed by atoms with Crippen LogP contribution in [0.25, 0.3) is 0 Å². The van der Waals surface area contributed by atoms with Crippen molar-refractivity contribution in [1.82, 2.24) is 4.90 Å². The Hall–Kier alpha value is -1.19. The van der Waals surface area contributed by atoms with Crippen LogP contribution in [-0.2, 0) is 10.2 Å². The Kier molecular flexibility index (Phi) is 5.41. The summed E-state index contributed by atoms with van der Waals surface area (Å²) in [7, 11) is 0. The Bertz CT molecular complexity index is 493. The van der Waals surface area contributed by atoms with Gasteiger partial charge in [0.05, 0.1) is 6.10 Å². The van der Waals surface area contributed by atoms with Crippen molar-refractivity contribution in [3.05, 3.63) is 35.4 Å². The Morgan fingerprint density at radius 3 is 2.23 bits per heavy atom. The van der Waals surface area contributed by atoms with Crippen molar-refractivity contribution >= 4 is 5.78 Å². The SMILES string of the molecule is CC(=O)CC(c1ccc(C(C)(C)C)cc1)N1CCC(O)CC1. The number of carbonyl (C=O) groups excluding carboxylic acids is 1. The molecule has 1 N–H and O–H groups in total. The van der Waals surface area contributed by atoms with E-state index in [-0.39, 0.29) is 23.3 Å². The third-order valence-electron chi connectivity index (χ3n) is 4.58. The lowest BCUT2D eigenvalue weighted by Crippen LogP contribution is -2.39. The molecule has 0 radical (unpaired) electrons. The van der Waals surface area contributed by atoms with E-state index in [1.807, 2.05) is 0 Å². The number of rotatable bonds is 4. The lowest BCUT2D eigenvalue weighted by molar-refractivity contribution is -0.118. The first-order valence-corrected chi connectivity index (χ1v) is 8.29. The number of likely N-dealkylation sites (tertiary alicyclic amines) is 1. The first-order chi connectivity index (χ1) is 10.3. The molecule has 1 fully saturated rings. The summed E-state index contributed by atoms with van der Waals surface area (Å²) in [5, 5.41) is 9.69. The van der Waals surface area contributed by atoms with Crippen LogP contribution in [0.2, 0.25) is 0 Å². The van der Waals surface area contributed by atoms with Crippen LogP contribution >= 0.6 is 0 Å². The number of ketones is 1. The molecule has 1 heterocycles. The van der Waals surface area contributed by atoms with Crippen molar-refractivity contribution in [1.29, 1.82) is 0 Å². The maximum atomic E-state index is 11.7. The Morgan fingerprint density at radius 2 is 1.77 bits per heavy atom. The van der Waals surface area contributed by atoms with Crippen LogP contribution in [0.5, 0.6) is 0 Å². The molecule has 0 spiro atoms. The van der Waals surface area contributed by atoms with Crippen LogP contribution in [0.4, 0.5) is 0 Å². The number of aliphatic hydroxyl groups excluding tert-OH is 1. The number of benzene rings is 1. The second-order valence-corrected chi connectivity index (χ2v) is 7.56. The van der Waals surface area contributed by atoms with E-state index in [4.69, 9.17) is 0 Å². The standard InChI is InChI=1S/C19H29NO2/c1-14(21)13-18(20-11-9-17(22)10-12-20)15-5-7-16(8-6-15)19(2,3)4/h5-8,17-18,22H,9-13H2,1-4H3. The molecule has 0 saturated carbocycles. The van der Waals surface area contributed by atoms with E-state index in [0.717, 1.165) is 25.9 Å². The average Bonchev–Trinajstić information content (AvgIpc) is 2.45. The molecule has 3 nitrogen and oxygen atoms in total. The molecule has 122 valence electrons. The number of nitrogens with zero attached hydrogens (tertiary/aromatic N) is 1. The molecule has 0 bridgehead atoms. The van der Waals surface area contributed by atoms with Crippen molar-refractivity contribution in [2.24, 2.45) is 0 Å².